The summed E-state index contributed by atoms with van der Waals surface area (Å²) in [5, 5.41) is -0.393. The average Bonchev–Trinajstić information content (AvgIpc) is 2.35. The van der Waals surface area contributed by atoms with Crippen LogP contribution in [0.15, 0.2) is 12.1 Å². The fourth-order valence-corrected chi connectivity index (χ4v) is 2.63. The maximum Gasteiger partial charge on any atom is 0.298 e. The number of hydrogen-bond donors (Lipinski definition) is 1. The third-order valence-electron chi connectivity index (χ3n) is 2.03. The van der Waals surface area contributed by atoms with E-state index in [9.17, 15) is 22.0 Å². The van der Waals surface area contributed by atoms with E-state index in [1.54, 1.807) is 0 Å². The molecule has 1 N–H and O–H groups in total. The zero-order valence-corrected chi connectivity index (χ0v) is 11.1. The van der Waals surface area contributed by atoms with Gasteiger partial charge < -0.3 is 4.74 Å². The summed E-state index contributed by atoms with van der Waals surface area (Å²) < 4.78 is 54.6. The van der Waals surface area contributed by atoms with Gasteiger partial charge in [0.25, 0.3) is 6.47 Å². The van der Waals surface area contributed by atoms with Gasteiger partial charge in [-0.25, -0.2) is 12.8 Å². The van der Waals surface area contributed by atoms with Crippen LogP contribution in [0.1, 0.15) is 6.42 Å². The standard InChI is InChI=1S/C10H10ClF2NO4S/c11-9-8(14-19(16,17)5-1-4-12)3-2-7(13)10(9)18-6-15/h2-3,6,14H,1,4-5H2. The largest absolute Gasteiger partial charge is 0.424 e. The molecule has 0 radical (unpaired) electrons. The fraction of sp³-hybridized carbons (Fsp3) is 0.300. The van der Waals surface area contributed by atoms with Gasteiger partial charge in [0, 0.05) is 0 Å². The summed E-state index contributed by atoms with van der Waals surface area (Å²) in [6.07, 6.45) is -0.175. The Labute approximate surface area is 113 Å². The van der Waals surface area contributed by atoms with Crippen molar-refractivity contribution >= 4 is 33.8 Å². The fourth-order valence-electron chi connectivity index (χ4n) is 1.23. The molecule has 0 aliphatic rings. The summed E-state index contributed by atoms with van der Waals surface area (Å²) in [6.45, 7) is -0.816. The van der Waals surface area contributed by atoms with Crippen LogP contribution in [-0.2, 0) is 14.8 Å². The molecule has 0 heterocycles. The second kappa shape index (κ2) is 6.67. The van der Waals surface area contributed by atoms with Gasteiger partial charge in [-0.3, -0.25) is 13.9 Å². The first-order chi connectivity index (χ1) is 8.91. The summed E-state index contributed by atoms with van der Waals surface area (Å²) in [4.78, 5) is 10.2. The molecule has 0 saturated heterocycles. The molecule has 1 aromatic carbocycles. The maximum absolute atomic E-state index is 13.3. The Kier molecular flexibility index (Phi) is 5.49. The van der Waals surface area contributed by atoms with Crippen LogP contribution in [0.4, 0.5) is 14.5 Å². The van der Waals surface area contributed by atoms with Crippen LogP contribution < -0.4 is 9.46 Å². The lowest BCUT2D eigenvalue weighted by Gasteiger charge is -2.11. The average molecular weight is 314 g/mol. The third-order valence-corrected chi connectivity index (χ3v) is 3.76. The number of ether oxygens (including phenoxy) is 1. The van der Waals surface area contributed by atoms with Crippen LogP contribution in [-0.4, -0.2) is 27.3 Å². The van der Waals surface area contributed by atoms with Crippen LogP contribution in [0.25, 0.3) is 0 Å². The predicted molar refractivity (Wildman–Crippen MR) is 66.1 cm³/mol. The molecule has 0 aliphatic carbocycles. The number of sulfonamides is 1. The Balaban J connectivity index is 3.02. The summed E-state index contributed by atoms with van der Waals surface area (Å²) in [6, 6.07) is 1.96. The molecular weight excluding hydrogens is 304 g/mol. The van der Waals surface area contributed by atoms with Crippen molar-refractivity contribution in [2.24, 2.45) is 0 Å². The smallest absolute Gasteiger partial charge is 0.298 e. The molecule has 0 saturated carbocycles. The molecule has 19 heavy (non-hydrogen) atoms. The highest BCUT2D eigenvalue weighted by atomic mass is 35.5. The zero-order valence-electron chi connectivity index (χ0n) is 9.53. The van der Waals surface area contributed by atoms with E-state index in [2.05, 4.69) is 9.46 Å². The lowest BCUT2D eigenvalue weighted by molar-refractivity contribution is -0.120. The molecule has 0 unspecified atom stereocenters. The molecule has 0 aliphatic heterocycles. The number of carbonyl (C=O) groups excluding carboxylic acids is 1. The molecule has 0 spiro atoms. The van der Waals surface area contributed by atoms with Crippen LogP contribution in [0.2, 0.25) is 5.02 Å². The minimum Gasteiger partial charge on any atom is -0.424 e. The third kappa shape index (κ3) is 4.32. The normalized spacial score (nSPS) is 11.1. The van der Waals surface area contributed by atoms with E-state index in [-0.39, 0.29) is 18.6 Å². The van der Waals surface area contributed by atoms with Crippen molar-refractivity contribution in [2.45, 2.75) is 6.42 Å². The van der Waals surface area contributed by atoms with Crippen molar-refractivity contribution in [3.8, 4) is 5.75 Å². The van der Waals surface area contributed by atoms with Crippen LogP contribution in [0.3, 0.4) is 0 Å². The number of rotatable bonds is 7. The van der Waals surface area contributed by atoms with Crippen molar-refractivity contribution in [3.63, 3.8) is 0 Å². The van der Waals surface area contributed by atoms with Crippen molar-refractivity contribution in [1.29, 1.82) is 0 Å². The first-order valence-corrected chi connectivity index (χ1v) is 7.09. The van der Waals surface area contributed by atoms with Gasteiger partial charge in [0.15, 0.2) is 11.6 Å². The van der Waals surface area contributed by atoms with Gasteiger partial charge in [-0.15, -0.1) is 0 Å². The van der Waals surface area contributed by atoms with Crippen molar-refractivity contribution in [3.05, 3.63) is 23.0 Å². The molecule has 1 rings (SSSR count). The summed E-state index contributed by atoms with van der Waals surface area (Å²) >= 11 is 5.71. The molecule has 5 nitrogen and oxygen atoms in total. The highest BCUT2D eigenvalue weighted by molar-refractivity contribution is 7.92. The molecule has 0 fully saturated rings. The van der Waals surface area contributed by atoms with E-state index >= 15 is 0 Å². The van der Waals surface area contributed by atoms with Crippen LogP contribution in [0, 0.1) is 5.82 Å². The van der Waals surface area contributed by atoms with Crippen molar-refractivity contribution in [2.75, 3.05) is 17.1 Å². The highest BCUT2D eigenvalue weighted by Crippen LogP contribution is 2.34. The van der Waals surface area contributed by atoms with Crippen LogP contribution >= 0.6 is 11.6 Å². The number of nitrogens with one attached hydrogen (secondary N) is 1. The van der Waals surface area contributed by atoms with Gasteiger partial charge in [-0.1, -0.05) is 11.6 Å². The van der Waals surface area contributed by atoms with Crippen LogP contribution in [0.5, 0.6) is 5.75 Å². The summed E-state index contributed by atoms with van der Waals surface area (Å²) in [5.41, 5.74) is -0.154. The molecule has 0 atom stereocenters. The van der Waals surface area contributed by atoms with Crippen molar-refractivity contribution in [1.82, 2.24) is 0 Å². The molecule has 106 valence electrons. The van der Waals surface area contributed by atoms with Gasteiger partial charge in [0.05, 0.1) is 18.1 Å². The second-order valence-corrected chi connectivity index (χ2v) is 5.64. The number of hydrogen-bond acceptors (Lipinski definition) is 4. The lowest BCUT2D eigenvalue weighted by atomic mass is 10.3. The van der Waals surface area contributed by atoms with E-state index in [4.69, 9.17) is 11.6 Å². The number of alkyl halides is 1. The lowest BCUT2D eigenvalue weighted by Crippen LogP contribution is -2.17. The Morgan fingerprint density at radius 1 is 1.42 bits per heavy atom. The first kappa shape index (κ1) is 15.6. The number of carbonyl (C=O) groups is 1. The van der Waals surface area contributed by atoms with E-state index in [0.29, 0.717) is 0 Å². The number of halogens is 3. The van der Waals surface area contributed by atoms with E-state index < -0.39 is 39.0 Å². The van der Waals surface area contributed by atoms with Crippen molar-refractivity contribution < 1.29 is 26.7 Å². The van der Waals surface area contributed by atoms with Gasteiger partial charge in [0.1, 0.15) is 5.02 Å². The zero-order chi connectivity index (χ0) is 14.5. The van der Waals surface area contributed by atoms with Gasteiger partial charge in [-0.2, -0.15) is 0 Å². The quantitative estimate of drug-likeness (QED) is 0.783. The Morgan fingerprint density at radius 3 is 2.68 bits per heavy atom. The monoisotopic (exact) mass is 313 g/mol. The SMILES string of the molecule is O=COc1c(F)ccc(NS(=O)(=O)CCCF)c1Cl. The van der Waals surface area contributed by atoms with Gasteiger partial charge >= 0.3 is 0 Å². The minimum atomic E-state index is -3.80. The predicted octanol–water partition coefficient (Wildman–Crippen LogP) is 2.12. The Hall–Kier alpha value is -1.41. The first-order valence-electron chi connectivity index (χ1n) is 5.06. The Morgan fingerprint density at radius 2 is 2.11 bits per heavy atom. The molecule has 0 amide bonds. The number of anilines is 1. The molecule has 0 bridgehead atoms. The molecular formula is C10H10ClF2NO4S. The van der Waals surface area contributed by atoms with E-state index in [0.717, 1.165) is 12.1 Å². The summed E-state index contributed by atoms with van der Waals surface area (Å²) in [5.74, 6) is -1.94. The molecule has 0 aromatic heterocycles. The maximum atomic E-state index is 13.3. The minimum absolute atomic E-state index is 0.0360. The Bertz CT molecular complexity index is 565. The topological polar surface area (TPSA) is 72.5 Å². The highest BCUT2D eigenvalue weighted by Gasteiger charge is 2.17. The number of benzene rings is 1. The summed E-state index contributed by atoms with van der Waals surface area (Å²) in [7, 11) is -3.80. The van der Waals surface area contributed by atoms with E-state index in [1.165, 1.54) is 0 Å². The molecule has 9 heteroatoms. The van der Waals surface area contributed by atoms with Gasteiger partial charge in [0.2, 0.25) is 10.0 Å². The molecule has 1 aromatic rings. The van der Waals surface area contributed by atoms with Gasteiger partial charge in [-0.05, 0) is 18.6 Å². The second-order valence-electron chi connectivity index (χ2n) is 3.42. The van der Waals surface area contributed by atoms with E-state index in [1.807, 2.05) is 0 Å².